The summed E-state index contributed by atoms with van der Waals surface area (Å²) in [5.74, 6) is 57.6. The highest BCUT2D eigenvalue weighted by atomic mass is 13.6. The van der Waals surface area contributed by atoms with Gasteiger partial charge in [-0.1, -0.05) is 0 Å². The van der Waals surface area contributed by atoms with Crippen LogP contribution < -0.4 is 0 Å². The molecule has 0 aliphatic carbocycles. The molecule has 0 unspecified atom stereocenters. The molecule has 0 aliphatic rings. The van der Waals surface area contributed by atoms with E-state index in [-0.39, 0.29) is 0 Å². The first-order chi connectivity index (χ1) is 12.9. The number of rotatable bonds is 0. The van der Waals surface area contributed by atoms with Gasteiger partial charge in [0.1, 0.15) is 0 Å². The van der Waals surface area contributed by atoms with E-state index in [1.807, 2.05) is 5.92 Å². The third-order valence-corrected chi connectivity index (χ3v) is 1.45. The third-order valence-electron chi connectivity index (χ3n) is 1.45. The molecule has 0 radical (unpaired) electrons. The molecule has 106 valence electrons. The molecule has 0 saturated heterocycles. The Labute approximate surface area is 155 Å². The Bertz CT molecular complexity index is 1220. The summed E-state index contributed by atoms with van der Waals surface area (Å²) in [5, 5.41) is 0. The Hall–Kier alpha value is -5.72. The lowest BCUT2D eigenvalue weighted by Gasteiger charge is -1.63. The maximum Gasteiger partial charge on any atom is 0 e. The van der Waals surface area contributed by atoms with Crippen molar-refractivity contribution in [1.82, 2.24) is 0 Å². The molecule has 26 heavy (non-hydrogen) atoms. The van der Waals surface area contributed by atoms with Crippen LogP contribution in [0.2, 0.25) is 0 Å². The van der Waals surface area contributed by atoms with Crippen LogP contribution in [-0.4, -0.2) is 0 Å². The van der Waals surface area contributed by atoms with Crippen molar-refractivity contribution in [3.8, 4) is 149 Å². The highest BCUT2D eigenvalue weighted by Crippen LogP contribution is 1.59. The fourth-order valence-corrected chi connectivity index (χ4v) is 0.692. The first kappa shape index (κ1) is 20.3. The molecule has 0 nitrogen and oxygen atoms in total. The van der Waals surface area contributed by atoms with Crippen molar-refractivity contribution in [3.63, 3.8) is 0 Å². The van der Waals surface area contributed by atoms with E-state index in [0.29, 0.717) is 0 Å². The summed E-state index contributed by atoms with van der Waals surface area (Å²) >= 11 is 0. The van der Waals surface area contributed by atoms with E-state index in [1.54, 1.807) is 0 Å². The van der Waals surface area contributed by atoms with Crippen LogP contribution in [-0.2, 0) is 0 Å². The maximum atomic E-state index is 6.52. The molecule has 0 aromatic heterocycles. The molecule has 0 aliphatic heterocycles. The van der Waals surface area contributed by atoms with E-state index in [1.165, 1.54) is 0 Å². The predicted octanol–water partition coefficient (Wildman–Crippen LogP) is 0.247. The summed E-state index contributed by atoms with van der Waals surface area (Å²) in [6, 6.07) is 0. The lowest BCUT2D eigenvalue weighted by atomic mass is 10.4. The van der Waals surface area contributed by atoms with Crippen molar-refractivity contribution >= 4 is 0 Å². The van der Waals surface area contributed by atoms with Crippen molar-refractivity contribution < 1.29 is 0 Å². The molecule has 0 aromatic carbocycles. The first-order valence-electron chi connectivity index (χ1n) is 6.29. The SMILES string of the molecule is [C-]#CC#CC#CC#CC#CC#CC#CC#CC#CC#CC#CC#CC#C. The summed E-state index contributed by atoms with van der Waals surface area (Å²) in [4.78, 5) is 0. The van der Waals surface area contributed by atoms with Gasteiger partial charge in [-0.05, 0) is 94.7 Å². The van der Waals surface area contributed by atoms with Crippen LogP contribution in [0.15, 0.2) is 0 Å². The van der Waals surface area contributed by atoms with Crippen LogP contribution in [0.4, 0.5) is 0 Å². The number of terminal acetylenes is 1. The third kappa shape index (κ3) is 18.3. The van der Waals surface area contributed by atoms with Gasteiger partial charge in [-0.3, -0.25) is 5.92 Å². The normalized spacial score (nSPS) is 3.77. The maximum absolute atomic E-state index is 6.52. The van der Waals surface area contributed by atoms with Gasteiger partial charge in [0.05, 0.1) is 0 Å². The predicted molar refractivity (Wildman–Crippen MR) is 102 cm³/mol. The fraction of sp³-hybridized carbons (Fsp3) is 0. The zero-order valence-corrected chi connectivity index (χ0v) is 13.1. The lowest BCUT2D eigenvalue weighted by Crippen LogP contribution is -1.56. The van der Waals surface area contributed by atoms with Gasteiger partial charge >= 0.3 is 0 Å². The van der Waals surface area contributed by atoms with Crippen molar-refractivity contribution in [3.05, 3.63) is 6.42 Å². The van der Waals surface area contributed by atoms with E-state index in [4.69, 9.17) is 12.8 Å². The van der Waals surface area contributed by atoms with Gasteiger partial charge in [-0.2, -0.15) is 0 Å². The molecule has 0 rings (SSSR count). The minimum absolute atomic E-state index is 1.87. The molecule has 0 atom stereocenters. The van der Waals surface area contributed by atoms with Crippen molar-refractivity contribution in [2.24, 2.45) is 0 Å². The van der Waals surface area contributed by atoms with E-state index < -0.39 is 0 Å². The average Bonchev–Trinajstić information content (AvgIpc) is 2.66. The highest BCUT2D eigenvalue weighted by Gasteiger charge is 1.58. The molecule has 0 bridgehead atoms. The van der Waals surface area contributed by atoms with Crippen LogP contribution in [0.25, 0.3) is 0 Å². The quantitative estimate of drug-likeness (QED) is 0.444. The van der Waals surface area contributed by atoms with Gasteiger partial charge in [0.25, 0.3) is 0 Å². The van der Waals surface area contributed by atoms with Gasteiger partial charge < -0.3 is 6.42 Å². The summed E-state index contributed by atoms with van der Waals surface area (Å²) in [7, 11) is 0. The average molecular weight is 313 g/mol. The number of hydrogen-bond donors (Lipinski definition) is 0. The fourth-order valence-electron chi connectivity index (χ4n) is 0.692. The minimum atomic E-state index is 1.87. The van der Waals surface area contributed by atoms with Gasteiger partial charge in [0.2, 0.25) is 0 Å². The summed E-state index contributed by atoms with van der Waals surface area (Å²) in [6.45, 7) is 0. The van der Waals surface area contributed by atoms with Crippen LogP contribution in [0.1, 0.15) is 0 Å². The second-order valence-corrected chi connectivity index (χ2v) is 3.02. The largest absolute Gasteiger partial charge is 0.358 e. The monoisotopic (exact) mass is 313 g/mol. The standard InChI is InChI=1S/C26H/c1-3-5-7-9-11-13-15-17-19-21-23-25-26-24-22-20-18-16-14-12-10-8-6-4-2/h1H/q-1. The Morgan fingerprint density at radius 2 is 0.500 bits per heavy atom. The molecule has 0 saturated carbocycles. The molecular weight excluding hydrogens is 312 g/mol. The van der Waals surface area contributed by atoms with Crippen molar-refractivity contribution in [2.75, 3.05) is 0 Å². The molecule has 0 amide bonds. The Morgan fingerprint density at radius 3 is 0.692 bits per heavy atom. The Morgan fingerprint density at radius 1 is 0.308 bits per heavy atom. The van der Waals surface area contributed by atoms with Crippen LogP contribution in [0.5, 0.6) is 0 Å². The zero-order valence-electron chi connectivity index (χ0n) is 13.1. The van der Waals surface area contributed by atoms with Gasteiger partial charge in [0.15, 0.2) is 0 Å². The first-order valence-corrected chi connectivity index (χ1v) is 6.29. The molecule has 0 aromatic rings. The molecule has 0 fully saturated rings. The Balaban J connectivity index is 4.43. The minimum Gasteiger partial charge on any atom is -0.358 e. The second kappa shape index (κ2) is 19.3. The van der Waals surface area contributed by atoms with Gasteiger partial charge in [-0.15, -0.1) is 12.3 Å². The summed E-state index contributed by atoms with van der Waals surface area (Å²) in [6.07, 6.45) is 11.4. The highest BCUT2D eigenvalue weighted by molar-refractivity contribution is 5.47. The van der Waals surface area contributed by atoms with E-state index >= 15 is 0 Å². The van der Waals surface area contributed by atoms with Crippen molar-refractivity contribution in [1.29, 1.82) is 0 Å². The zero-order chi connectivity index (χ0) is 19.0. The summed E-state index contributed by atoms with van der Waals surface area (Å²) in [5.41, 5.74) is 0. The molecular formula is C26H-. The van der Waals surface area contributed by atoms with Gasteiger partial charge in [0, 0.05) is 29.6 Å². The second-order valence-electron chi connectivity index (χ2n) is 3.02. The van der Waals surface area contributed by atoms with Crippen molar-refractivity contribution in [2.45, 2.75) is 0 Å². The number of hydrogen-bond acceptors (Lipinski definition) is 0. The molecule has 0 spiro atoms. The smallest absolute Gasteiger partial charge is 0 e. The van der Waals surface area contributed by atoms with Crippen LogP contribution in [0, 0.1) is 155 Å². The molecule has 0 N–H and O–H groups in total. The molecule has 0 heterocycles. The van der Waals surface area contributed by atoms with E-state index in [2.05, 4.69) is 136 Å². The van der Waals surface area contributed by atoms with E-state index in [9.17, 15) is 0 Å². The van der Waals surface area contributed by atoms with Crippen LogP contribution >= 0.6 is 0 Å². The summed E-state index contributed by atoms with van der Waals surface area (Å²) < 4.78 is 0. The van der Waals surface area contributed by atoms with Gasteiger partial charge in [-0.25, -0.2) is 5.92 Å². The topological polar surface area (TPSA) is 0 Å². The molecule has 0 heteroatoms. The van der Waals surface area contributed by atoms with Crippen LogP contribution in [0.3, 0.4) is 0 Å². The Kier molecular flexibility index (Phi) is 15.0. The lowest BCUT2D eigenvalue weighted by molar-refractivity contribution is 2.32. The van der Waals surface area contributed by atoms with E-state index in [0.717, 1.165) is 0 Å².